The number of hydrogen-bond donors (Lipinski definition) is 1. The summed E-state index contributed by atoms with van der Waals surface area (Å²) < 4.78 is 18.1. The SMILES string of the molecule is Cc1ccc(-c2cc(C(=O)NCc3ccc4c(c3)OCO4)n(-c3ccccc3)n2)o1. The predicted molar refractivity (Wildman–Crippen MR) is 110 cm³/mol. The molecular formula is C23H19N3O4. The fourth-order valence-electron chi connectivity index (χ4n) is 3.33. The van der Waals surface area contributed by atoms with Gasteiger partial charge in [-0.15, -0.1) is 0 Å². The number of carbonyl (C=O) groups is 1. The van der Waals surface area contributed by atoms with Crippen molar-refractivity contribution in [2.45, 2.75) is 13.5 Å². The second-order valence-electron chi connectivity index (χ2n) is 6.94. The van der Waals surface area contributed by atoms with Crippen LogP contribution >= 0.6 is 0 Å². The molecule has 0 radical (unpaired) electrons. The lowest BCUT2D eigenvalue weighted by Crippen LogP contribution is -2.25. The summed E-state index contributed by atoms with van der Waals surface area (Å²) in [5.41, 5.74) is 2.73. The number of ether oxygens (including phenoxy) is 2. The third-order valence-corrected chi connectivity index (χ3v) is 4.83. The van der Waals surface area contributed by atoms with E-state index in [2.05, 4.69) is 10.4 Å². The van der Waals surface area contributed by atoms with Gasteiger partial charge in [0.05, 0.1) is 5.69 Å². The number of aryl methyl sites for hydroxylation is 1. The fourth-order valence-corrected chi connectivity index (χ4v) is 3.33. The standard InChI is InChI=1S/C23H19N3O4/c1-15-7-9-20(30-15)18-12-19(26(25-18)17-5-3-2-4-6-17)23(27)24-13-16-8-10-21-22(11-16)29-14-28-21/h2-12H,13-14H2,1H3,(H,24,27). The Kier molecular flexibility index (Phi) is 4.48. The Morgan fingerprint density at radius 3 is 2.67 bits per heavy atom. The van der Waals surface area contributed by atoms with E-state index in [1.54, 1.807) is 10.7 Å². The molecule has 0 saturated heterocycles. The number of fused-ring (bicyclic) bond motifs is 1. The quantitative estimate of drug-likeness (QED) is 0.545. The molecule has 0 atom stereocenters. The van der Waals surface area contributed by atoms with Gasteiger partial charge in [0.25, 0.3) is 5.91 Å². The van der Waals surface area contributed by atoms with Crippen LogP contribution in [0.3, 0.4) is 0 Å². The van der Waals surface area contributed by atoms with Crippen molar-refractivity contribution in [3.8, 4) is 28.6 Å². The van der Waals surface area contributed by atoms with Gasteiger partial charge >= 0.3 is 0 Å². The largest absolute Gasteiger partial charge is 0.460 e. The van der Waals surface area contributed by atoms with Gasteiger partial charge in [-0.3, -0.25) is 4.79 Å². The van der Waals surface area contributed by atoms with Crippen LogP contribution in [0.5, 0.6) is 11.5 Å². The molecule has 7 nitrogen and oxygen atoms in total. The Hall–Kier alpha value is -4.00. The van der Waals surface area contributed by atoms with Crippen LogP contribution in [-0.2, 0) is 6.54 Å². The summed E-state index contributed by atoms with van der Waals surface area (Å²) >= 11 is 0. The summed E-state index contributed by atoms with van der Waals surface area (Å²) in [5.74, 6) is 2.57. The monoisotopic (exact) mass is 401 g/mol. The number of carbonyl (C=O) groups excluding carboxylic acids is 1. The minimum absolute atomic E-state index is 0.219. The molecule has 4 aromatic rings. The lowest BCUT2D eigenvalue weighted by molar-refractivity contribution is 0.0943. The van der Waals surface area contributed by atoms with Gasteiger partial charge in [-0.2, -0.15) is 5.10 Å². The maximum atomic E-state index is 13.0. The van der Waals surface area contributed by atoms with E-state index in [1.165, 1.54) is 0 Å². The first-order chi connectivity index (χ1) is 14.7. The van der Waals surface area contributed by atoms with Gasteiger partial charge in [-0.05, 0) is 48.9 Å². The molecule has 2 aromatic heterocycles. The number of aromatic nitrogens is 2. The second-order valence-corrected chi connectivity index (χ2v) is 6.94. The Morgan fingerprint density at radius 2 is 1.87 bits per heavy atom. The predicted octanol–water partition coefficient (Wildman–Crippen LogP) is 4.10. The van der Waals surface area contributed by atoms with Gasteiger partial charge in [0.1, 0.15) is 17.1 Å². The van der Waals surface area contributed by atoms with Crippen molar-refractivity contribution in [1.82, 2.24) is 15.1 Å². The zero-order chi connectivity index (χ0) is 20.5. The van der Waals surface area contributed by atoms with E-state index in [0.717, 1.165) is 17.0 Å². The highest BCUT2D eigenvalue weighted by molar-refractivity contribution is 5.94. The highest BCUT2D eigenvalue weighted by atomic mass is 16.7. The summed E-state index contributed by atoms with van der Waals surface area (Å²) in [6.07, 6.45) is 0. The van der Waals surface area contributed by atoms with Crippen LogP contribution < -0.4 is 14.8 Å². The van der Waals surface area contributed by atoms with Crippen molar-refractivity contribution in [2.24, 2.45) is 0 Å². The maximum absolute atomic E-state index is 13.0. The summed E-state index contributed by atoms with van der Waals surface area (Å²) in [6, 6.07) is 20.6. The second kappa shape index (κ2) is 7.44. The van der Waals surface area contributed by atoms with E-state index in [9.17, 15) is 4.79 Å². The fraction of sp³-hybridized carbons (Fsp3) is 0.130. The van der Waals surface area contributed by atoms with Gasteiger partial charge in [-0.25, -0.2) is 4.68 Å². The normalized spacial score (nSPS) is 12.2. The van der Waals surface area contributed by atoms with E-state index >= 15 is 0 Å². The van der Waals surface area contributed by atoms with Crippen LogP contribution in [0.2, 0.25) is 0 Å². The number of amides is 1. The van der Waals surface area contributed by atoms with E-state index < -0.39 is 0 Å². The topological polar surface area (TPSA) is 78.5 Å². The van der Waals surface area contributed by atoms with Crippen molar-refractivity contribution >= 4 is 5.91 Å². The Balaban J connectivity index is 1.43. The van der Waals surface area contributed by atoms with Crippen LogP contribution in [0.15, 0.2) is 71.1 Å². The lowest BCUT2D eigenvalue weighted by atomic mass is 10.2. The average molecular weight is 401 g/mol. The van der Waals surface area contributed by atoms with Crippen molar-refractivity contribution in [1.29, 1.82) is 0 Å². The number of nitrogens with one attached hydrogen (secondary N) is 1. The number of hydrogen-bond acceptors (Lipinski definition) is 5. The number of para-hydroxylation sites is 1. The number of furan rings is 1. The number of benzene rings is 2. The van der Waals surface area contributed by atoms with Crippen LogP contribution in [0.25, 0.3) is 17.1 Å². The van der Waals surface area contributed by atoms with Crippen LogP contribution in [0.4, 0.5) is 0 Å². The third kappa shape index (κ3) is 3.41. The van der Waals surface area contributed by atoms with Crippen molar-refractivity contribution in [3.05, 3.63) is 83.7 Å². The zero-order valence-electron chi connectivity index (χ0n) is 16.3. The van der Waals surface area contributed by atoms with Gasteiger partial charge in [-0.1, -0.05) is 24.3 Å². The van der Waals surface area contributed by atoms with Gasteiger partial charge in [0, 0.05) is 12.6 Å². The molecule has 0 saturated carbocycles. The van der Waals surface area contributed by atoms with Crippen LogP contribution in [0, 0.1) is 6.92 Å². The minimum atomic E-state index is -0.237. The molecular weight excluding hydrogens is 382 g/mol. The molecule has 3 heterocycles. The molecule has 0 aliphatic carbocycles. The summed E-state index contributed by atoms with van der Waals surface area (Å²) in [5, 5.41) is 7.57. The first-order valence-electron chi connectivity index (χ1n) is 9.56. The van der Waals surface area contributed by atoms with Gasteiger partial charge < -0.3 is 19.2 Å². The molecule has 0 unspecified atom stereocenters. The maximum Gasteiger partial charge on any atom is 0.270 e. The molecule has 150 valence electrons. The highest BCUT2D eigenvalue weighted by Crippen LogP contribution is 2.32. The first kappa shape index (κ1) is 18.1. The Morgan fingerprint density at radius 1 is 1.03 bits per heavy atom. The molecule has 0 spiro atoms. The number of nitrogens with zero attached hydrogens (tertiary/aromatic N) is 2. The van der Waals surface area contributed by atoms with Crippen LogP contribution in [0.1, 0.15) is 21.8 Å². The minimum Gasteiger partial charge on any atom is -0.460 e. The Bertz CT molecular complexity index is 1210. The molecule has 1 amide bonds. The molecule has 1 aliphatic heterocycles. The van der Waals surface area contributed by atoms with Crippen molar-refractivity contribution < 1.29 is 18.7 Å². The Labute approximate surface area is 172 Å². The summed E-state index contributed by atoms with van der Waals surface area (Å²) in [4.78, 5) is 13.0. The summed E-state index contributed by atoms with van der Waals surface area (Å²) in [7, 11) is 0. The van der Waals surface area contributed by atoms with Crippen molar-refractivity contribution in [3.63, 3.8) is 0 Å². The molecule has 0 fully saturated rings. The van der Waals surface area contributed by atoms with E-state index in [1.807, 2.05) is 67.6 Å². The molecule has 5 rings (SSSR count). The van der Waals surface area contributed by atoms with E-state index in [-0.39, 0.29) is 12.7 Å². The molecule has 0 bridgehead atoms. The van der Waals surface area contributed by atoms with Gasteiger partial charge in [0.2, 0.25) is 6.79 Å². The smallest absolute Gasteiger partial charge is 0.270 e. The lowest BCUT2D eigenvalue weighted by Gasteiger charge is -2.09. The van der Waals surface area contributed by atoms with E-state index in [0.29, 0.717) is 35.2 Å². The highest BCUT2D eigenvalue weighted by Gasteiger charge is 2.19. The molecule has 1 aliphatic rings. The number of rotatable bonds is 5. The van der Waals surface area contributed by atoms with Gasteiger partial charge in [0.15, 0.2) is 17.3 Å². The third-order valence-electron chi connectivity index (χ3n) is 4.83. The van der Waals surface area contributed by atoms with Crippen LogP contribution in [-0.4, -0.2) is 22.5 Å². The molecule has 30 heavy (non-hydrogen) atoms. The molecule has 7 heteroatoms. The van der Waals surface area contributed by atoms with E-state index in [4.69, 9.17) is 13.9 Å². The summed E-state index contributed by atoms with van der Waals surface area (Å²) in [6.45, 7) is 2.44. The molecule has 2 aromatic carbocycles. The first-order valence-corrected chi connectivity index (χ1v) is 9.56. The average Bonchev–Trinajstić information content (AvgIpc) is 3.51. The molecule has 1 N–H and O–H groups in total. The van der Waals surface area contributed by atoms with Crippen molar-refractivity contribution in [2.75, 3.05) is 6.79 Å². The zero-order valence-corrected chi connectivity index (χ0v) is 16.3.